The highest BCUT2D eigenvalue weighted by molar-refractivity contribution is 8.00. The van der Waals surface area contributed by atoms with Crippen molar-refractivity contribution in [2.24, 2.45) is 0 Å². The third kappa shape index (κ3) is 5.16. The van der Waals surface area contributed by atoms with Gasteiger partial charge in [0.1, 0.15) is 0 Å². The van der Waals surface area contributed by atoms with Crippen LogP contribution in [0.3, 0.4) is 0 Å². The van der Waals surface area contributed by atoms with Crippen molar-refractivity contribution in [3.8, 4) is 0 Å². The number of nitro groups is 1. The second-order valence-electron chi connectivity index (χ2n) is 5.31. The van der Waals surface area contributed by atoms with E-state index in [1.165, 1.54) is 13.0 Å². The second kappa shape index (κ2) is 7.91. The molecule has 0 heterocycles. The van der Waals surface area contributed by atoms with E-state index in [9.17, 15) is 36.9 Å². The number of non-ortho nitro benzene ring substituents is 1. The first-order valence-electron chi connectivity index (χ1n) is 7.27. The summed E-state index contributed by atoms with van der Waals surface area (Å²) < 4.78 is 65.5. The van der Waals surface area contributed by atoms with Gasteiger partial charge in [-0.25, -0.2) is 8.78 Å². The first-order valence-corrected chi connectivity index (χ1v) is 8.15. The molecule has 0 aliphatic rings. The summed E-state index contributed by atoms with van der Waals surface area (Å²) in [4.78, 5) is 22.1. The van der Waals surface area contributed by atoms with Crippen LogP contribution < -0.4 is 5.32 Å². The van der Waals surface area contributed by atoms with Crippen LogP contribution >= 0.6 is 11.8 Å². The Hall–Kier alpha value is -2.69. The molecule has 2 aromatic carbocycles. The standard InChI is InChI=1S/C16H11F5N2O3S/c1-8(27-10-3-4-12(17)13(18)7-10)15(24)22-14-5-2-9(23(25)26)6-11(14)16(19,20)21/h2-8H,1H3,(H,22,24). The molecule has 1 amide bonds. The number of thioether (sulfide) groups is 1. The number of carbonyl (C=O) groups is 1. The Morgan fingerprint density at radius 3 is 2.37 bits per heavy atom. The Morgan fingerprint density at radius 1 is 1.15 bits per heavy atom. The van der Waals surface area contributed by atoms with E-state index in [4.69, 9.17) is 0 Å². The van der Waals surface area contributed by atoms with Crippen LogP contribution in [-0.2, 0) is 11.0 Å². The average Bonchev–Trinajstić information content (AvgIpc) is 2.57. The van der Waals surface area contributed by atoms with Crippen molar-refractivity contribution in [2.75, 3.05) is 5.32 Å². The van der Waals surface area contributed by atoms with Gasteiger partial charge in [0.05, 0.1) is 21.4 Å². The minimum Gasteiger partial charge on any atom is -0.325 e. The Labute approximate surface area is 153 Å². The molecule has 144 valence electrons. The molecule has 1 unspecified atom stereocenters. The van der Waals surface area contributed by atoms with E-state index < -0.39 is 50.8 Å². The van der Waals surface area contributed by atoms with Crippen molar-refractivity contribution in [2.45, 2.75) is 23.2 Å². The zero-order chi connectivity index (χ0) is 20.4. The van der Waals surface area contributed by atoms with Gasteiger partial charge in [0, 0.05) is 17.0 Å². The maximum Gasteiger partial charge on any atom is 0.418 e. The molecule has 27 heavy (non-hydrogen) atoms. The molecule has 0 saturated heterocycles. The van der Waals surface area contributed by atoms with E-state index in [0.717, 1.165) is 36.0 Å². The molecule has 0 fully saturated rings. The zero-order valence-electron chi connectivity index (χ0n) is 13.5. The predicted molar refractivity (Wildman–Crippen MR) is 88.4 cm³/mol. The molecular formula is C16H11F5N2O3S. The largest absolute Gasteiger partial charge is 0.418 e. The van der Waals surface area contributed by atoms with Crippen molar-refractivity contribution in [1.29, 1.82) is 0 Å². The van der Waals surface area contributed by atoms with Crippen LogP contribution in [0.1, 0.15) is 12.5 Å². The van der Waals surface area contributed by atoms with Gasteiger partial charge in [-0.3, -0.25) is 14.9 Å². The van der Waals surface area contributed by atoms with Crippen LogP contribution in [-0.4, -0.2) is 16.1 Å². The number of nitro benzene ring substituents is 1. The highest BCUT2D eigenvalue weighted by atomic mass is 32.2. The molecule has 0 aromatic heterocycles. The van der Waals surface area contributed by atoms with E-state index in [1.54, 1.807) is 0 Å². The maximum atomic E-state index is 13.2. The Kier molecular flexibility index (Phi) is 6.04. The van der Waals surface area contributed by atoms with Crippen LogP contribution in [0.2, 0.25) is 0 Å². The number of rotatable bonds is 5. The number of nitrogens with one attached hydrogen (secondary N) is 1. The van der Waals surface area contributed by atoms with E-state index in [1.807, 2.05) is 0 Å². The van der Waals surface area contributed by atoms with Crippen LogP contribution in [0.25, 0.3) is 0 Å². The summed E-state index contributed by atoms with van der Waals surface area (Å²) >= 11 is 0.807. The Balaban J connectivity index is 2.21. The van der Waals surface area contributed by atoms with E-state index in [-0.39, 0.29) is 4.90 Å². The molecule has 2 rings (SSSR count). The number of hydrogen-bond donors (Lipinski definition) is 1. The highest BCUT2D eigenvalue weighted by Gasteiger charge is 2.36. The first kappa shape index (κ1) is 20.6. The van der Waals surface area contributed by atoms with Crippen molar-refractivity contribution < 1.29 is 31.7 Å². The number of carbonyl (C=O) groups excluding carboxylic acids is 1. The summed E-state index contributed by atoms with van der Waals surface area (Å²) in [5.41, 5.74) is -2.78. The number of benzene rings is 2. The predicted octanol–water partition coefficient (Wildman–Crippen LogP) is 5.01. The fourth-order valence-corrected chi connectivity index (χ4v) is 2.92. The molecule has 2 aromatic rings. The lowest BCUT2D eigenvalue weighted by Crippen LogP contribution is -2.24. The number of amides is 1. The van der Waals surface area contributed by atoms with Crippen molar-refractivity contribution >= 4 is 29.0 Å². The Morgan fingerprint density at radius 2 is 1.81 bits per heavy atom. The third-order valence-electron chi connectivity index (χ3n) is 3.35. The fraction of sp³-hybridized carbons (Fsp3) is 0.188. The summed E-state index contributed by atoms with van der Waals surface area (Å²) in [6.45, 7) is 1.36. The average molecular weight is 406 g/mol. The second-order valence-corrected chi connectivity index (χ2v) is 6.72. The zero-order valence-corrected chi connectivity index (χ0v) is 14.3. The lowest BCUT2D eigenvalue weighted by Gasteiger charge is -2.16. The van der Waals surface area contributed by atoms with Crippen molar-refractivity contribution in [3.05, 3.63) is 63.7 Å². The van der Waals surface area contributed by atoms with Gasteiger partial charge < -0.3 is 5.32 Å². The van der Waals surface area contributed by atoms with Gasteiger partial charge in [0.25, 0.3) is 5.69 Å². The summed E-state index contributed by atoms with van der Waals surface area (Å²) in [5.74, 6) is -3.04. The molecule has 1 N–H and O–H groups in total. The topological polar surface area (TPSA) is 72.2 Å². The Bertz CT molecular complexity index is 889. The van der Waals surface area contributed by atoms with Crippen LogP contribution in [0.4, 0.5) is 33.3 Å². The quantitative estimate of drug-likeness (QED) is 0.328. The third-order valence-corrected chi connectivity index (χ3v) is 4.44. The summed E-state index contributed by atoms with van der Waals surface area (Å²) in [6.07, 6.45) is -4.93. The highest BCUT2D eigenvalue weighted by Crippen LogP contribution is 2.37. The van der Waals surface area contributed by atoms with Crippen LogP contribution in [0.5, 0.6) is 0 Å². The van der Waals surface area contributed by atoms with Gasteiger partial charge in [-0.15, -0.1) is 11.8 Å². The smallest absolute Gasteiger partial charge is 0.325 e. The van der Waals surface area contributed by atoms with Gasteiger partial charge in [0.2, 0.25) is 5.91 Å². The number of halogens is 5. The van der Waals surface area contributed by atoms with E-state index >= 15 is 0 Å². The summed E-state index contributed by atoms with van der Waals surface area (Å²) in [7, 11) is 0. The molecule has 1 atom stereocenters. The molecule has 0 radical (unpaired) electrons. The van der Waals surface area contributed by atoms with Crippen molar-refractivity contribution in [3.63, 3.8) is 0 Å². The SMILES string of the molecule is CC(Sc1ccc(F)c(F)c1)C(=O)Nc1ccc([N+](=O)[O-])cc1C(F)(F)F. The van der Waals surface area contributed by atoms with Crippen LogP contribution in [0, 0.1) is 21.7 Å². The molecule has 0 saturated carbocycles. The van der Waals surface area contributed by atoms with E-state index in [2.05, 4.69) is 5.32 Å². The summed E-state index contributed by atoms with van der Waals surface area (Å²) in [5, 5.41) is 11.8. The molecule has 0 bridgehead atoms. The van der Waals surface area contributed by atoms with E-state index in [0.29, 0.717) is 6.07 Å². The molecule has 0 aliphatic heterocycles. The lowest BCUT2D eigenvalue weighted by molar-refractivity contribution is -0.385. The van der Waals surface area contributed by atoms with Crippen molar-refractivity contribution in [1.82, 2.24) is 0 Å². The normalized spacial score (nSPS) is 12.5. The number of alkyl halides is 3. The molecule has 0 aliphatic carbocycles. The van der Waals surface area contributed by atoms with Gasteiger partial charge in [-0.2, -0.15) is 13.2 Å². The van der Waals surface area contributed by atoms with Gasteiger partial charge in [-0.1, -0.05) is 0 Å². The minimum absolute atomic E-state index is 0.205. The fourth-order valence-electron chi connectivity index (χ4n) is 2.03. The number of nitrogens with zero attached hydrogens (tertiary/aromatic N) is 1. The first-order chi connectivity index (χ1) is 12.5. The van der Waals surface area contributed by atoms with Crippen LogP contribution in [0.15, 0.2) is 41.3 Å². The number of anilines is 1. The monoisotopic (exact) mass is 406 g/mol. The molecule has 0 spiro atoms. The lowest BCUT2D eigenvalue weighted by atomic mass is 10.1. The van der Waals surface area contributed by atoms with Gasteiger partial charge >= 0.3 is 6.18 Å². The van der Waals surface area contributed by atoms with Gasteiger partial charge in [0.15, 0.2) is 11.6 Å². The molecular weight excluding hydrogens is 395 g/mol. The number of hydrogen-bond acceptors (Lipinski definition) is 4. The summed E-state index contributed by atoms with van der Waals surface area (Å²) in [6, 6.07) is 4.88. The molecule has 11 heteroatoms. The molecule has 5 nitrogen and oxygen atoms in total. The van der Waals surface area contributed by atoms with Gasteiger partial charge in [-0.05, 0) is 31.2 Å². The maximum absolute atomic E-state index is 13.2. The minimum atomic E-state index is -4.93.